The summed E-state index contributed by atoms with van der Waals surface area (Å²) in [5.74, 6) is -3.59. The molecular weight excluding hydrogens is 443 g/mol. The van der Waals surface area contributed by atoms with E-state index in [1.807, 2.05) is 12.1 Å². The number of esters is 2. The van der Waals surface area contributed by atoms with Gasteiger partial charge in [-0.25, -0.2) is 9.18 Å². The number of methoxy groups -OCH3 is 2. The van der Waals surface area contributed by atoms with Crippen LogP contribution in [0, 0.1) is 17.7 Å². The van der Waals surface area contributed by atoms with Gasteiger partial charge in [0.1, 0.15) is 11.6 Å². The number of fused-ring (bicyclic) bond motifs is 1. The lowest BCUT2D eigenvalue weighted by atomic mass is 9.83. The molecule has 2 aromatic rings. The van der Waals surface area contributed by atoms with Crippen LogP contribution in [0.25, 0.3) is 0 Å². The topological polar surface area (TPSA) is 88.1 Å². The van der Waals surface area contributed by atoms with Gasteiger partial charge in [0.15, 0.2) is 5.76 Å². The number of carbonyl (C=O) groups is 3. The Kier molecular flexibility index (Phi) is 6.41. The molecule has 1 fully saturated rings. The number of ketones is 1. The summed E-state index contributed by atoms with van der Waals surface area (Å²) in [6.07, 6.45) is 1.62. The average Bonchev–Trinajstić information content (AvgIpc) is 3.38. The number of halogens is 1. The largest absolute Gasteiger partial charge is 0.497 e. The zero-order valence-corrected chi connectivity index (χ0v) is 19.1. The molecule has 2 aliphatic rings. The summed E-state index contributed by atoms with van der Waals surface area (Å²) in [7, 11) is 2.79. The predicted octanol–water partition coefficient (Wildman–Crippen LogP) is 3.83. The fourth-order valence-corrected chi connectivity index (χ4v) is 4.90. The first kappa shape index (κ1) is 23.5. The Morgan fingerprint density at radius 3 is 2.32 bits per heavy atom. The van der Waals surface area contributed by atoms with Crippen LogP contribution in [0.1, 0.15) is 35.2 Å². The van der Waals surface area contributed by atoms with Crippen LogP contribution < -0.4 is 4.74 Å². The highest BCUT2D eigenvalue weighted by molar-refractivity contribution is 6.08. The number of allylic oxidation sites excluding steroid dienone is 1. The van der Waals surface area contributed by atoms with Gasteiger partial charge in [-0.1, -0.05) is 12.1 Å². The molecule has 178 valence electrons. The molecule has 0 bridgehead atoms. The molecule has 0 unspecified atom stereocenters. The summed E-state index contributed by atoms with van der Waals surface area (Å²) in [6, 6.07) is 12.2. The molecule has 0 N–H and O–H groups in total. The molecule has 0 spiro atoms. The van der Waals surface area contributed by atoms with Crippen molar-refractivity contribution in [2.45, 2.75) is 24.9 Å². The van der Waals surface area contributed by atoms with Crippen molar-refractivity contribution in [3.8, 4) is 5.75 Å². The number of rotatable bonds is 7. The first-order chi connectivity index (χ1) is 16.3. The lowest BCUT2D eigenvalue weighted by molar-refractivity contribution is -0.165. The summed E-state index contributed by atoms with van der Waals surface area (Å²) in [6.45, 7) is 1.86. The molecule has 7 nitrogen and oxygen atoms in total. The molecule has 1 aliphatic carbocycles. The van der Waals surface area contributed by atoms with Crippen molar-refractivity contribution in [3.05, 3.63) is 77.3 Å². The van der Waals surface area contributed by atoms with Crippen molar-refractivity contribution in [1.29, 1.82) is 0 Å². The molecule has 1 heterocycles. The zero-order valence-electron chi connectivity index (χ0n) is 19.1. The second-order valence-corrected chi connectivity index (χ2v) is 8.24. The lowest BCUT2D eigenvalue weighted by Crippen LogP contribution is -2.44. The molecule has 0 radical (unpaired) electrons. The van der Waals surface area contributed by atoms with Crippen molar-refractivity contribution in [1.82, 2.24) is 0 Å². The minimum absolute atomic E-state index is 0.0792. The highest BCUT2D eigenvalue weighted by Crippen LogP contribution is 2.57. The van der Waals surface area contributed by atoms with Crippen LogP contribution in [0.15, 0.2) is 60.4 Å². The average molecular weight is 468 g/mol. The molecule has 0 saturated heterocycles. The molecule has 34 heavy (non-hydrogen) atoms. The lowest BCUT2D eigenvalue weighted by Gasteiger charge is -2.27. The van der Waals surface area contributed by atoms with Crippen LogP contribution in [-0.4, -0.2) is 44.1 Å². The fraction of sp³-hybridized carbons (Fsp3) is 0.346. The number of hydrogen-bond acceptors (Lipinski definition) is 7. The minimum Gasteiger partial charge on any atom is -0.497 e. The standard InChI is InChI=1S/C26H25FO7/c1-4-33-24(29)22-19(15-7-11-18(31-2)12-8-15)14-26(25(30)32-3)20(22)13-21(34-26)23(28)16-5-9-17(27)10-6-16/h5-13,19-20,22H,4,14H2,1-3H3/t19-,20+,22-,26-/m0/s1. The normalized spacial score (nSPS) is 25.1. The Bertz CT molecular complexity index is 1120. The van der Waals surface area contributed by atoms with E-state index in [9.17, 15) is 18.8 Å². The second kappa shape index (κ2) is 9.29. The first-order valence-corrected chi connectivity index (χ1v) is 10.9. The van der Waals surface area contributed by atoms with E-state index < -0.39 is 46.9 Å². The van der Waals surface area contributed by atoms with Gasteiger partial charge in [-0.2, -0.15) is 0 Å². The van der Waals surface area contributed by atoms with Crippen molar-refractivity contribution in [2.75, 3.05) is 20.8 Å². The van der Waals surface area contributed by atoms with E-state index >= 15 is 0 Å². The van der Waals surface area contributed by atoms with Gasteiger partial charge in [0, 0.05) is 23.8 Å². The number of hydrogen-bond donors (Lipinski definition) is 0. The van der Waals surface area contributed by atoms with E-state index in [2.05, 4.69) is 0 Å². The highest BCUT2D eigenvalue weighted by atomic mass is 19.1. The van der Waals surface area contributed by atoms with E-state index in [0.717, 1.165) is 5.56 Å². The molecule has 8 heteroatoms. The van der Waals surface area contributed by atoms with E-state index in [1.54, 1.807) is 26.2 Å². The quantitative estimate of drug-likeness (QED) is 0.451. The van der Waals surface area contributed by atoms with Crippen LogP contribution in [0.3, 0.4) is 0 Å². The summed E-state index contributed by atoms with van der Waals surface area (Å²) in [5, 5.41) is 0. The maximum Gasteiger partial charge on any atom is 0.350 e. The summed E-state index contributed by atoms with van der Waals surface area (Å²) in [5.41, 5.74) is -0.561. The van der Waals surface area contributed by atoms with Crippen LogP contribution in [0.2, 0.25) is 0 Å². The van der Waals surface area contributed by atoms with Crippen molar-refractivity contribution in [3.63, 3.8) is 0 Å². The Morgan fingerprint density at radius 2 is 1.74 bits per heavy atom. The Labute approximate surface area is 196 Å². The molecule has 4 atom stereocenters. The number of benzene rings is 2. The van der Waals surface area contributed by atoms with Gasteiger partial charge in [-0.05, 0) is 55.0 Å². The van der Waals surface area contributed by atoms with Gasteiger partial charge in [-0.3, -0.25) is 9.59 Å². The van der Waals surface area contributed by atoms with Crippen molar-refractivity contribution in [2.24, 2.45) is 11.8 Å². The smallest absolute Gasteiger partial charge is 0.350 e. The van der Waals surface area contributed by atoms with Crippen molar-refractivity contribution >= 4 is 17.7 Å². The fourth-order valence-electron chi connectivity index (χ4n) is 4.90. The van der Waals surface area contributed by atoms with Crippen LogP contribution >= 0.6 is 0 Å². The van der Waals surface area contributed by atoms with Crippen molar-refractivity contribution < 1.29 is 37.7 Å². The monoisotopic (exact) mass is 468 g/mol. The maximum absolute atomic E-state index is 13.3. The predicted molar refractivity (Wildman–Crippen MR) is 119 cm³/mol. The van der Waals surface area contributed by atoms with Gasteiger partial charge in [-0.15, -0.1) is 0 Å². The third-order valence-corrected chi connectivity index (χ3v) is 6.47. The highest BCUT2D eigenvalue weighted by Gasteiger charge is 2.66. The second-order valence-electron chi connectivity index (χ2n) is 8.24. The number of carbonyl (C=O) groups excluding carboxylic acids is 3. The molecule has 1 saturated carbocycles. The van der Waals surface area contributed by atoms with E-state index in [-0.39, 0.29) is 24.4 Å². The van der Waals surface area contributed by atoms with E-state index in [4.69, 9.17) is 18.9 Å². The number of ether oxygens (including phenoxy) is 4. The Balaban J connectivity index is 1.77. The van der Waals surface area contributed by atoms with Crippen LogP contribution in [0.5, 0.6) is 5.75 Å². The van der Waals surface area contributed by atoms with Crippen LogP contribution in [0.4, 0.5) is 4.39 Å². The summed E-state index contributed by atoms with van der Waals surface area (Å²) in [4.78, 5) is 39.2. The van der Waals surface area contributed by atoms with Gasteiger partial charge in [0.25, 0.3) is 0 Å². The van der Waals surface area contributed by atoms with E-state index in [1.165, 1.54) is 37.5 Å². The third-order valence-electron chi connectivity index (χ3n) is 6.47. The SMILES string of the molecule is CCOC(=O)[C@@H]1[C@H]2C=C(C(=O)c3ccc(F)cc3)O[C@@]2(C(=O)OC)C[C@H]1c1ccc(OC)cc1. The summed E-state index contributed by atoms with van der Waals surface area (Å²) >= 11 is 0. The van der Waals surface area contributed by atoms with Gasteiger partial charge in [0.2, 0.25) is 11.4 Å². The molecule has 0 aromatic heterocycles. The van der Waals surface area contributed by atoms with Gasteiger partial charge < -0.3 is 18.9 Å². The Hall–Kier alpha value is -3.68. The molecule has 4 rings (SSSR count). The summed E-state index contributed by atoms with van der Waals surface area (Å²) < 4.78 is 35.0. The first-order valence-electron chi connectivity index (χ1n) is 10.9. The van der Waals surface area contributed by atoms with Gasteiger partial charge in [0.05, 0.1) is 26.7 Å². The third kappa shape index (κ3) is 3.93. The zero-order chi connectivity index (χ0) is 24.5. The molecule has 2 aromatic carbocycles. The van der Waals surface area contributed by atoms with E-state index in [0.29, 0.717) is 5.75 Å². The molecule has 1 aliphatic heterocycles. The van der Waals surface area contributed by atoms with Crippen LogP contribution in [-0.2, 0) is 23.8 Å². The molecular formula is C26H25FO7. The minimum atomic E-state index is -1.57. The maximum atomic E-state index is 13.3. The Morgan fingerprint density at radius 1 is 1.06 bits per heavy atom. The molecule has 0 amide bonds. The number of Topliss-reactive ketones (excluding diaryl/α,β-unsaturated/α-hetero) is 1. The van der Waals surface area contributed by atoms with Gasteiger partial charge >= 0.3 is 11.9 Å².